The number of hydrogen-bond acceptors (Lipinski definition) is 4. The number of nitrogens with one attached hydrogen (secondary N) is 1. The zero-order chi connectivity index (χ0) is 13.5. The molecule has 0 aliphatic carbocycles. The van der Waals surface area contributed by atoms with Crippen LogP contribution in [0.5, 0.6) is 0 Å². The van der Waals surface area contributed by atoms with E-state index in [-0.39, 0.29) is 18.1 Å². The van der Waals surface area contributed by atoms with Gasteiger partial charge in [0.05, 0.1) is 6.20 Å². The Morgan fingerprint density at radius 2 is 2.22 bits per heavy atom. The van der Waals surface area contributed by atoms with Crippen molar-refractivity contribution in [3.8, 4) is 0 Å². The van der Waals surface area contributed by atoms with Crippen LogP contribution in [-0.2, 0) is 11.3 Å². The van der Waals surface area contributed by atoms with Gasteiger partial charge in [-0.1, -0.05) is 19.1 Å². The molecule has 0 bridgehead atoms. The lowest BCUT2D eigenvalue weighted by atomic mass is 10.1. The summed E-state index contributed by atoms with van der Waals surface area (Å²) in [5.74, 6) is -0.727. The molecule has 18 heavy (non-hydrogen) atoms. The van der Waals surface area contributed by atoms with Crippen LogP contribution in [0.2, 0.25) is 0 Å². The number of carboxylic acid groups (broad SMARTS) is 1. The van der Waals surface area contributed by atoms with Crippen LogP contribution in [0.4, 0.5) is 0 Å². The van der Waals surface area contributed by atoms with E-state index in [2.05, 4.69) is 29.5 Å². The topological polar surface area (TPSA) is 97.1 Å². The Morgan fingerprint density at radius 1 is 1.50 bits per heavy atom. The van der Waals surface area contributed by atoms with Gasteiger partial charge < -0.3 is 10.4 Å². The molecule has 1 aromatic heterocycles. The summed E-state index contributed by atoms with van der Waals surface area (Å²) in [4.78, 5) is 22.0. The third-order valence-corrected chi connectivity index (χ3v) is 2.34. The lowest BCUT2D eigenvalue weighted by molar-refractivity contribution is -0.121. The van der Waals surface area contributed by atoms with Crippen molar-refractivity contribution in [2.24, 2.45) is 5.92 Å². The fourth-order valence-corrected chi connectivity index (χ4v) is 1.41. The molecule has 1 heterocycles. The van der Waals surface area contributed by atoms with Gasteiger partial charge in [0.25, 0.3) is 0 Å². The molecule has 0 aliphatic rings. The molecule has 0 saturated carbocycles. The lowest BCUT2D eigenvalue weighted by Gasteiger charge is -2.06. The molecule has 0 spiro atoms. The van der Waals surface area contributed by atoms with Crippen molar-refractivity contribution in [1.82, 2.24) is 20.3 Å². The third-order valence-electron chi connectivity index (χ3n) is 2.34. The third kappa shape index (κ3) is 4.94. The van der Waals surface area contributed by atoms with Gasteiger partial charge in [-0.2, -0.15) is 0 Å². The van der Waals surface area contributed by atoms with E-state index in [1.807, 2.05) is 0 Å². The minimum Gasteiger partial charge on any atom is -0.476 e. The average Bonchev–Trinajstić information content (AvgIpc) is 2.72. The summed E-state index contributed by atoms with van der Waals surface area (Å²) in [7, 11) is 0. The molecule has 1 aromatic rings. The number of nitrogens with zero attached hydrogens (tertiary/aromatic N) is 3. The van der Waals surface area contributed by atoms with Crippen molar-refractivity contribution in [2.75, 3.05) is 6.54 Å². The molecule has 0 fully saturated rings. The summed E-state index contributed by atoms with van der Waals surface area (Å²) in [5.41, 5.74) is -0.164. The van der Waals surface area contributed by atoms with Gasteiger partial charge in [-0.3, -0.25) is 4.79 Å². The first-order valence-electron chi connectivity index (χ1n) is 5.89. The zero-order valence-electron chi connectivity index (χ0n) is 10.6. The van der Waals surface area contributed by atoms with Gasteiger partial charge in [-0.15, -0.1) is 5.10 Å². The Kier molecular flexibility index (Phi) is 5.29. The SMILES string of the molecule is CC(C)CCCNC(=O)Cn1cc(C(=O)O)nn1. The first kappa shape index (κ1) is 14.1. The van der Waals surface area contributed by atoms with E-state index in [9.17, 15) is 9.59 Å². The van der Waals surface area contributed by atoms with Gasteiger partial charge in [0.15, 0.2) is 5.69 Å². The second-order valence-corrected chi connectivity index (χ2v) is 4.49. The minimum absolute atomic E-state index is 0.0119. The van der Waals surface area contributed by atoms with Crippen molar-refractivity contribution in [3.05, 3.63) is 11.9 Å². The highest BCUT2D eigenvalue weighted by Gasteiger charge is 2.10. The minimum atomic E-state index is -1.15. The normalized spacial score (nSPS) is 10.6. The maximum atomic E-state index is 11.5. The molecule has 1 amide bonds. The van der Waals surface area contributed by atoms with Gasteiger partial charge in [0, 0.05) is 6.54 Å². The molecule has 0 aromatic carbocycles. The fourth-order valence-electron chi connectivity index (χ4n) is 1.41. The van der Waals surface area contributed by atoms with E-state index < -0.39 is 5.97 Å². The molecule has 0 saturated heterocycles. The molecule has 0 atom stereocenters. The van der Waals surface area contributed by atoms with Gasteiger partial charge in [0.1, 0.15) is 6.54 Å². The predicted octanol–water partition coefficient (Wildman–Crippen LogP) is 0.529. The van der Waals surface area contributed by atoms with Crippen molar-refractivity contribution in [3.63, 3.8) is 0 Å². The van der Waals surface area contributed by atoms with Crippen LogP contribution in [0.25, 0.3) is 0 Å². The largest absolute Gasteiger partial charge is 0.476 e. The smallest absolute Gasteiger partial charge is 0.358 e. The van der Waals surface area contributed by atoms with Crippen molar-refractivity contribution >= 4 is 11.9 Å². The highest BCUT2D eigenvalue weighted by atomic mass is 16.4. The molecule has 0 radical (unpaired) electrons. The summed E-state index contributed by atoms with van der Waals surface area (Å²) in [6, 6.07) is 0. The van der Waals surface area contributed by atoms with E-state index in [0.29, 0.717) is 12.5 Å². The van der Waals surface area contributed by atoms with Crippen LogP contribution >= 0.6 is 0 Å². The van der Waals surface area contributed by atoms with Crippen LogP contribution < -0.4 is 5.32 Å². The van der Waals surface area contributed by atoms with Crippen molar-refractivity contribution in [2.45, 2.75) is 33.2 Å². The summed E-state index contributed by atoms with van der Waals surface area (Å²) in [5, 5.41) is 18.4. The number of aromatic nitrogens is 3. The molecule has 2 N–H and O–H groups in total. The lowest BCUT2D eigenvalue weighted by Crippen LogP contribution is -2.28. The Morgan fingerprint density at radius 3 is 2.78 bits per heavy atom. The van der Waals surface area contributed by atoms with E-state index in [1.54, 1.807) is 0 Å². The number of aromatic carboxylic acids is 1. The van der Waals surface area contributed by atoms with Crippen LogP contribution in [-0.4, -0.2) is 38.5 Å². The van der Waals surface area contributed by atoms with Crippen LogP contribution in [0.3, 0.4) is 0 Å². The summed E-state index contributed by atoms with van der Waals surface area (Å²) in [6.45, 7) is 4.87. The number of carbonyl (C=O) groups is 2. The van der Waals surface area contributed by atoms with E-state index in [4.69, 9.17) is 5.11 Å². The number of rotatable bonds is 7. The number of carboxylic acids is 1. The fraction of sp³-hybridized carbons (Fsp3) is 0.636. The molecular formula is C11H18N4O3. The number of amides is 1. The van der Waals surface area contributed by atoms with E-state index in [0.717, 1.165) is 12.8 Å². The zero-order valence-corrected chi connectivity index (χ0v) is 10.6. The van der Waals surface area contributed by atoms with E-state index in [1.165, 1.54) is 10.9 Å². The monoisotopic (exact) mass is 254 g/mol. The molecule has 100 valence electrons. The molecule has 0 unspecified atom stereocenters. The molecular weight excluding hydrogens is 236 g/mol. The van der Waals surface area contributed by atoms with Gasteiger partial charge in [0.2, 0.25) is 5.91 Å². The van der Waals surface area contributed by atoms with Crippen molar-refractivity contribution < 1.29 is 14.7 Å². The highest BCUT2D eigenvalue weighted by molar-refractivity contribution is 5.84. The molecule has 7 nitrogen and oxygen atoms in total. The quantitative estimate of drug-likeness (QED) is 0.692. The standard InChI is InChI=1S/C11H18N4O3/c1-8(2)4-3-5-12-10(16)7-15-6-9(11(17)18)13-14-15/h6,8H,3-5,7H2,1-2H3,(H,12,16)(H,17,18). The number of carbonyl (C=O) groups excluding carboxylic acids is 1. The maximum Gasteiger partial charge on any atom is 0.358 e. The Balaban J connectivity index is 2.29. The second-order valence-electron chi connectivity index (χ2n) is 4.49. The Labute approximate surface area is 105 Å². The van der Waals surface area contributed by atoms with Gasteiger partial charge in [-0.05, 0) is 18.8 Å². The first-order chi connectivity index (χ1) is 8.49. The summed E-state index contributed by atoms with van der Waals surface area (Å²) < 4.78 is 1.21. The van der Waals surface area contributed by atoms with Crippen LogP contribution in [0.1, 0.15) is 37.2 Å². The maximum absolute atomic E-state index is 11.5. The molecule has 0 aliphatic heterocycles. The molecule has 7 heteroatoms. The van der Waals surface area contributed by atoms with Crippen LogP contribution in [0.15, 0.2) is 6.20 Å². The summed E-state index contributed by atoms with van der Waals surface area (Å²) in [6.07, 6.45) is 3.23. The van der Waals surface area contributed by atoms with Gasteiger partial charge >= 0.3 is 5.97 Å². The molecule has 1 rings (SSSR count). The average molecular weight is 254 g/mol. The summed E-state index contributed by atoms with van der Waals surface area (Å²) >= 11 is 0. The first-order valence-corrected chi connectivity index (χ1v) is 5.89. The van der Waals surface area contributed by atoms with Gasteiger partial charge in [-0.25, -0.2) is 9.48 Å². The Bertz CT molecular complexity index is 414. The van der Waals surface area contributed by atoms with E-state index >= 15 is 0 Å². The number of hydrogen-bond donors (Lipinski definition) is 2. The second kappa shape index (κ2) is 6.73. The van der Waals surface area contributed by atoms with Crippen LogP contribution in [0, 0.1) is 5.92 Å². The predicted molar refractivity (Wildman–Crippen MR) is 64.1 cm³/mol. The van der Waals surface area contributed by atoms with Crippen molar-refractivity contribution in [1.29, 1.82) is 0 Å². The highest BCUT2D eigenvalue weighted by Crippen LogP contribution is 2.01. The Hall–Kier alpha value is -1.92.